The lowest BCUT2D eigenvalue weighted by Gasteiger charge is -1.85. The molecule has 0 aliphatic carbocycles. The van der Waals surface area contributed by atoms with Gasteiger partial charge in [0.15, 0.2) is 0 Å². The molecule has 50 valence electrons. The summed E-state index contributed by atoms with van der Waals surface area (Å²) in [5, 5.41) is 7.24. The third-order valence-electron chi connectivity index (χ3n) is 0.754. The van der Waals surface area contributed by atoms with Gasteiger partial charge in [0.25, 0.3) is 0 Å². The van der Waals surface area contributed by atoms with Crippen LogP contribution in [0.3, 0.4) is 0 Å². The Morgan fingerprint density at radius 2 is 2.11 bits per heavy atom. The van der Waals surface area contributed by atoms with E-state index in [1.807, 2.05) is 19.9 Å². The Morgan fingerprint density at radius 3 is 2.44 bits per heavy atom. The van der Waals surface area contributed by atoms with Crippen LogP contribution in [-0.4, -0.2) is 0 Å². The van der Waals surface area contributed by atoms with Crippen LogP contribution < -0.4 is 5.73 Å². The van der Waals surface area contributed by atoms with Gasteiger partial charge < -0.3 is 5.73 Å². The molecule has 2 N–H and O–H groups in total. The maximum absolute atomic E-state index is 5.11. The van der Waals surface area contributed by atoms with Crippen molar-refractivity contribution < 1.29 is 0 Å². The van der Waals surface area contributed by atoms with Crippen LogP contribution in [0.25, 0.3) is 0 Å². The van der Waals surface area contributed by atoms with Crippen molar-refractivity contribution in [3.8, 4) is 0 Å². The first-order chi connectivity index (χ1) is 4.16. The topological polar surface area (TPSA) is 50.7 Å². The van der Waals surface area contributed by atoms with Crippen LogP contribution in [0.4, 0.5) is 0 Å². The second-order valence-corrected chi connectivity index (χ2v) is 1.62. The van der Waals surface area contributed by atoms with E-state index in [9.17, 15) is 0 Å². The Balaban J connectivity index is 3.86. The van der Waals surface area contributed by atoms with Gasteiger partial charge in [-0.1, -0.05) is 12.7 Å². The maximum Gasteiger partial charge on any atom is 0.138 e. The molecule has 0 aromatic rings. The lowest BCUT2D eigenvalue weighted by atomic mass is 10.5. The minimum atomic E-state index is 0.233. The molecule has 3 heteroatoms. The Hall–Kier alpha value is -1.12. The molecule has 9 heavy (non-hydrogen) atoms. The predicted molar refractivity (Wildman–Crippen MR) is 37.6 cm³/mol. The minimum absolute atomic E-state index is 0.233. The molecular weight excluding hydrogens is 114 g/mol. The fourth-order valence-corrected chi connectivity index (χ4v) is 0.201. The van der Waals surface area contributed by atoms with Crippen LogP contribution in [0.1, 0.15) is 13.8 Å². The maximum atomic E-state index is 5.11. The summed E-state index contributed by atoms with van der Waals surface area (Å²) in [5.41, 5.74) is 5.95. The number of nitrogens with two attached hydrogens (primary N) is 1. The van der Waals surface area contributed by atoms with Crippen molar-refractivity contribution in [1.29, 1.82) is 0 Å². The average molecular weight is 125 g/mol. The molecule has 0 radical (unpaired) electrons. The van der Waals surface area contributed by atoms with E-state index in [1.54, 1.807) is 0 Å². The van der Waals surface area contributed by atoms with E-state index in [-0.39, 0.29) is 5.82 Å². The Bertz CT molecular complexity index is 156. The standard InChI is InChI=1S/C6H11N3/c1-4-5(2)8-9-6(3)7/h4H,3,7H2,1-2H3/b5-4-,9-8?. The largest absolute Gasteiger partial charge is 0.383 e. The van der Waals surface area contributed by atoms with E-state index in [1.165, 1.54) is 0 Å². The van der Waals surface area contributed by atoms with Gasteiger partial charge in [-0.2, -0.15) is 5.11 Å². The highest BCUT2D eigenvalue weighted by Crippen LogP contribution is 1.95. The lowest BCUT2D eigenvalue weighted by Crippen LogP contribution is -1.87. The third-order valence-corrected chi connectivity index (χ3v) is 0.754. The second kappa shape index (κ2) is 3.83. The van der Waals surface area contributed by atoms with Gasteiger partial charge in [-0.15, -0.1) is 5.11 Å². The highest BCUT2D eigenvalue weighted by Gasteiger charge is 1.78. The van der Waals surface area contributed by atoms with Gasteiger partial charge in [0, 0.05) is 0 Å². The number of azo groups is 1. The molecule has 0 amide bonds. The molecule has 3 nitrogen and oxygen atoms in total. The van der Waals surface area contributed by atoms with Crippen molar-refractivity contribution in [2.75, 3.05) is 0 Å². The summed E-state index contributed by atoms with van der Waals surface area (Å²) in [4.78, 5) is 0. The van der Waals surface area contributed by atoms with Gasteiger partial charge in [-0.05, 0) is 13.8 Å². The van der Waals surface area contributed by atoms with Crippen molar-refractivity contribution >= 4 is 0 Å². The average Bonchev–Trinajstić information content (AvgIpc) is 1.83. The van der Waals surface area contributed by atoms with E-state index in [0.29, 0.717) is 0 Å². The van der Waals surface area contributed by atoms with E-state index >= 15 is 0 Å². The summed E-state index contributed by atoms with van der Waals surface area (Å²) >= 11 is 0. The van der Waals surface area contributed by atoms with Crippen LogP contribution in [0.2, 0.25) is 0 Å². The normalized spacial score (nSPS) is 12.4. The molecule has 0 bridgehead atoms. The molecule has 0 aliphatic rings. The molecule has 0 rings (SSSR count). The monoisotopic (exact) mass is 125 g/mol. The van der Waals surface area contributed by atoms with E-state index < -0.39 is 0 Å². The molecule has 0 unspecified atom stereocenters. The van der Waals surface area contributed by atoms with Crippen LogP contribution >= 0.6 is 0 Å². The second-order valence-electron chi connectivity index (χ2n) is 1.62. The van der Waals surface area contributed by atoms with Crippen LogP contribution in [-0.2, 0) is 0 Å². The third kappa shape index (κ3) is 4.74. The zero-order valence-corrected chi connectivity index (χ0v) is 5.76. The molecule has 0 spiro atoms. The van der Waals surface area contributed by atoms with Gasteiger partial charge in [0.2, 0.25) is 0 Å². The number of nitrogens with zero attached hydrogens (tertiary/aromatic N) is 2. The zero-order valence-electron chi connectivity index (χ0n) is 5.76. The lowest BCUT2D eigenvalue weighted by molar-refractivity contribution is 1.04. The summed E-state index contributed by atoms with van der Waals surface area (Å²) < 4.78 is 0. The van der Waals surface area contributed by atoms with Crippen molar-refractivity contribution in [3.63, 3.8) is 0 Å². The number of hydrogen-bond donors (Lipinski definition) is 1. The fourth-order valence-electron chi connectivity index (χ4n) is 0.201. The molecule has 0 saturated heterocycles. The van der Waals surface area contributed by atoms with Crippen molar-refractivity contribution in [2.24, 2.45) is 16.0 Å². The zero-order chi connectivity index (χ0) is 7.28. The van der Waals surface area contributed by atoms with Crippen molar-refractivity contribution in [3.05, 3.63) is 24.2 Å². The molecule has 0 heterocycles. The molecule has 0 saturated carbocycles. The molecule has 0 aromatic heterocycles. The molecule has 0 aromatic carbocycles. The first kappa shape index (κ1) is 7.88. The summed E-state index contributed by atoms with van der Waals surface area (Å²) in [6.07, 6.45) is 1.84. The SMILES string of the molecule is C=C(N)N=N/C(C)=C\C. The Labute approximate surface area is 55.0 Å². The fraction of sp³-hybridized carbons (Fsp3) is 0.333. The van der Waals surface area contributed by atoms with Gasteiger partial charge >= 0.3 is 0 Å². The minimum Gasteiger partial charge on any atom is -0.383 e. The molecule has 0 atom stereocenters. The smallest absolute Gasteiger partial charge is 0.138 e. The van der Waals surface area contributed by atoms with Crippen molar-refractivity contribution in [2.45, 2.75) is 13.8 Å². The Kier molecular flexibility index (Phi) is 3.35. The molecular formula is C6H11N3. The van der Waals surface area contributed by atoms with Crippen LogP contribution in [0, 0.1) is 0 Å². The summed E-state index contributed by atoms with van der Waals surface area (Å²) in [5.74, 6) is 0.233. The van der Waals surface area contributed by atoms with Crippen molar-refractivity contribution in [1.82, 2.24) is 0 Å². The Morgan fingerprint density at radius 1 is 1.56 bits per heavy atom. The van der Waals surface area contributed by atoms with Gasteiger partial charge in [-0.25, -0.2) is 0 Å². The summed E-state index contributed by atoms with van der Waals surface area (Å²) in [6, 6.07) is 0. The van der Waals surface area contributed by atoms with Crippen LogP contribution in [0.15, 0.2) is 34.4 Å². The van der Waals surface area contributed by atoms with E-state index in [0.717, 1.165) is 5.70 Å². The first-order valence-corrected chi connectivity index (χ1v) is 2.66. The quantitative estimate of drug-likeness (QED) is 0.562. The summed E-state index contributed by atoms with van der Waals surface area (Å²) in [6.45, 7) is 7.07. The summed E-state index contributed by atoms with van der Waals surface area (Å²) in [7, 11) is 0. The number of allylic oxidation sites excluding steroid dienone is 2. The number of hydrogen-bond acceptors (Lipinski definition) is 3. The van der Waals surface area contributed by atoms with Gasteiger partial charge in [0.05, 0.1) is 5.70 Å². The van der Waals surface area contributed by atoms with Crippen LogP contribution in [0.5, 0.6) is 0 Å². The van der Waals surface area contributed by atoms with E-state index in [4.69, 9.17) is 5.73 Å². The highest BCUT2D eigenvalue weighted by atomic mass is 15.1. The predicted octanol–water partition coefficient (Wildman–Crippen LogP) is 1.79. The first-order valence-electron chi connectivity index (χ1n) is 2.66. The van der Waals surface area contributed by atoms with Gasteiger partial charge in [0.1, 0.15) is 5.82 Å². The van der Waals surface area contributed by atoms with E-state index in [2.05, 4.69) is 16.8 Å². The number of rotatable bonds is 2. The highest BCUT2D eigenvalue weighted by molar-refractivity contribution is 4.93. The molecule has 0 fully saturated rings. The van der Waals surface area contributed by atoms with Gasteiger partial charge in [-0.3, -0.25) is 0 Å². The molecule has 0 aliphatic heterocycles.